The number of methoxy groups -OCH3 is 1. The molecule has 0 aliphatic carbocycles. The molecule has 1 unspecified atom stereocenters. The van der Waals surface area contributed by atoms with Crippen LogP contribution >= 0.6 is 0 Å². The Morgan fingerprint density at radius 1 is 1.00 bits per heavy atom. The Morgan fingerprint density at radius 3 is 2.43 bits per heavy atom. The zero-order valence-electron chi connectivity index (χ0n) is 15.1. The molecule has 0 saturated carbocycles. The summed E-state index contributed by atoms with van der Waals surface area (Å²) >= 11 is 0. The highest BCUT2D eigenvalue weighted by atomic mass is 32.2. The summed E-state index contributed by atoms with van der Waals surface area (Å²) < 4.78 is 33.3. The molecular formula is C21H18N2O4S. The van der Waals surface area contributed by atoms with Crippen LogP contribution in [-0.2, 0) is 10.0 Å². The standard InChI is InChI=1S/C21H18N2O4S/c1-27-16-11-10-15-13-20(21(24)18-9-5-6-12-22-18)23(19(15)14-16)28(25,26)17-7-3-2-4-8-17/h2-14,21,24H,1H3. The fourth-order valence-electron chi connectivity index (χ4n) is 3.15. The summed E-state index contributed by atoms with van der Waals surface area (Å²) in [5.74, 6) is 0.522. The molecule has 0 fully saturated rings. The average molecular weight is 394 g/mol. The summed E-state index contributed by atoms with van der Waals surface area (Å²) in [5, 5.41) is 11.6. The first-order valence-electron chi connectivity index (χ1n) is 8.61. The van der Waals surface area contributed by atoms with Crippen molar-refractivity contribution >= 4 is 20.9 Å². The topological polar surface area (TPSA) is 81.4 Å². The monoisotopic (exact) mass is 394 g/mol. The van der Waals surface area contributed by atoms with Crippen molar-refractivity contribution in [3.8, 4) is 5.75 Å². The predicted octanol–water partition coefficient (Wildman–Crippen LogP) is 3.36. The van der Waals surface area contributed by atoms with Crippen LogP contribution in [0.25, 0.3) is 10.9 Å². The molecule has 0 aliphatic rings. The zero-order valence-corrected chi connectivity index (χ0v) is 15.9. The van der Waals surface area contributed by atoms with Crippen LogP contribution in [0.5, 0.6) is 5.75 Å². The summed E-state index contributed by atoms with van der Waals surface area (Å²) in [6, 6.07) is 20.1. The van der Waals surface area contributed by atoms with E-state index in [4.69, 9.17) is 4.74 Å². The van der Waals surface area contributed by atoms with Gasteiger partial charge in [0.05, 0.1) is 28.9 Å². The maximum Gasteiger partial charge on any atom is 0.268 e. The minimum atomic E-state index is -3.96. The summed E-state index contributed by atoms with van der Waals surface area (Å²) in [7, 11) is -2.44. The van der Waals surface area contributed by atoms with E-state index in [0.29, 0.717) is 22.3 Å². The van der Waals surface area contributed by atoms with Gasteiger partial charge in [-0.1, -0.05) is 24.3 Å². The average Bonchev–Trinajstić information content (AvgIpc) is 3.13. The Labute approximate surface area is 162 Å². The molecule has 0 bridgehead atoms. The zero-order chi connectivity index (χ0) is 19.7. The van der Waals surface area contributed by atoms with E-state index in [9.17, 15) is 13.5 Å². The van der Waals surface area contributed by atoms with E-state index in [1.165, 1.54) is 23.2 Å². The lowest BCUT2D eigenvalue weighted by Crippen LogP contribution is -2.18. The highest BCUT2D eigenvalue weighted by Gasteiger charge is 2.27. The van der Waals surface area contributed by atoms with Crippen LogP contribution in [0.15, 0.2) is 83.9 Å². The van der Waals surface area contributed by atoms with Crippen LogP contribution in [0.2, 0.25) is 0 Å². The van der Waals surface area contributed by atoms with Crippen LogP contribution in [-0.4, -0.2) is 29.6 Å². The van der Waals surface area contributed by atoms with Crippen LogP contribution < -0.4 is 4.74 Å². The second-order valence-electron chi connectivity index (χ2n) is 6.23. The van der Waals surface area contributed by atoms with Crippen LogP contribution in [0.1, 0.15) is 17.5 Å². The number of hydrogen-bond donors (Lipinski definition) is 1. The van der Waals surface area contributed by atoms with E-state index in [-0.39, 0.29) is 10.6 Å². The molecule has 0 radical (unpaired) electrons. The molecule has 4 aromatic rings. The fraction of sp³-hybridized carbons (Fsp3) is 0.0952. The van der Waals surface area contributed by atoms with Crippen molar-refractivity contribution in [3.05, 3.63) is 90.4 Å². The lowest BCUT2D eigenvalue weighted by Gasteiger charge is -2.16. The number of nitrogens with zero attached hydrogens (tertiary/aromatic N) is 2. The molecule has 2 aromatic carbocycles. The molecule has 6 nitrogen and oxygen atoms in total. The van der Waals surface area contributed by atoms with Crippen molar-refractivity contribution in [1.29, 1.82) is 0 Å². The van der Waals surface area contributed by atoms with Gasteiger partial charge in [-0.2, -0.15) is 0 Å². The number of aliphatic hydroxyl groups is 1. The van der Waals surface area contributed by atoms with Gasteiger partial charge in [-0.25, -0.2) is 12.4 Å². The molecule has 0 saturated heterocycles. The molecule has 1 atom stereocenters. The predicted molar refractivity (Wildman–Crippen MR) is 106 cm³/mol. The van der Waals surface area contributed by atoms with Gasteiger partial charge in [-0.05, 0) is 42.5 Å². The van der Waals surface area contributed by atoms with E-state index >= 15 is 0 Å². The Hall–Kier alpha value is -3.16. The quantitative estimate of drug-likeness (QED) is 0.561. The summed E-state index contributed by atoms with van der Waals surface area (Å²) in [4.78, 5) is 4.30. The van der Waals surface area contributed by atoms with Gasteiger partial charge in [0.1, 0.15) is 11.9 Å². The van der Waals surface area contributed by atoms with Crippen molar-refractivity contribution in [2.45, 2.75) is 11.0 Å². The van der Waals surface area contributed by atoms with E-state index in [2.05, 4.69) is 4.98 Å². The Bertz CT molecular complexity index is 1220. The number of rotatable bonds is 5. The van der Waals surface area contributed by atoms with Crippen molar-refractivity contribution in [2.75, 3.05) is 7.11 Å². The molecule has 0 aliphatic heterocycles. The van der Waals surface area contributed by atoms with Crippen molar-refractivity contribution < 1.29 is 18.3 Å². The summed E-state index contributed by atoms with van der Waals surface area (Å²) in [6.45, 7) is 0. The molecular weight excluding hydrogens is 376 g/mol. The lowest BCUT2D eigenvalue weighted by atomic mass is 10.1. The van der Waals surface area contributed by atoms with E-state index in [0.717, 1.165) is 0 Å². The van der Waals surface area contributed by atoms with Crippen LogP contribution in [0.4, 0.5) is 0 Å². The molecule has 0 spiro atoms. The molecule has 0 amide bonds. The van der Waals surface area contributed by atoms with Gasteiger partial charge < -0.3 is 9.84 Å². The van der Waals surface area contributed by atoms with Crippen LogP contribution in [0, 0.1) is 0 Å². The van der Waals surface area contributed by atoms with Crippen molar-refractivity contribution in [3.63, 3.8) is 0 Å². The van der Waals surface area contributed by atoms with E-state index < -0.39 is 16.1 Å². The molecule has 142 valence electrons. The Morgan fingerprint density at radius 2 is 1.75 bits per heavy atom. The Balaban J connectivity index is 2.02. The molecule has 1 N–H and O–H groups in total. The number of aliphatic hydroxyl groups excluding tert-OH is 1. The number of fused-ring (bicyclic) bond motifs is 1. The molecule has 4 rings (SSSR count). The summed E-state index contributed by atoms with van der Waals surface area (Å²) in [6.07, 6.45) is 0.346. The first-order chi connectivity index (χ1) is 13.5. The normalized spacial score (nSPS) is 12.8. The van der Waals surface area contributed by atoms with Crippen molar-refractivity contribution in [2.24, 2.45) is 0 Å². The van der Waals surface area contributed by atoms with Gasteiger partial charge in [-0.15, -0.1) is 0 Å². The minimum Gasteiger partial charge on any atom is -0.497 e. The van der Waals surface area contributed by atoms with E-state index in [1.54, 1.807) is 66.9 Å². The Kier molecular flexibility index (Phi) is 4.62. The third kappa shape index (κ3) is 3.04. The van der Waals surface area contributed by atoms with Crippen LogP contribution in [0.3, 0.4) is 0 Å². The SMILES string of the molecule is COc1ccc2cc(C(O)c3ccccn3)n(S(=O)(=O)c3ccccc3)c2c1. The third-order valence-electron chi connectivity index (χ3n) is 4.52. The summed E-state index contributed by atoms with van der Waals surface area (Å²) in [5.41, 5.74) is 1.00. The number of ether oxygens (including phenoxy) is 1. The smallest absolute Gasteiger partial charge is 0.268 e. The van der Waals surface area contributed by atoms with Gasteiger partial charge in [0.2, 0.25) is 0 Å². The molecule has 28 heavy (non-hydrogen) atoms. The number of benzene rings is 2. The molecule has 2 heterocycles. The van der Waals surface area contributed by atoms with Crippen molar-refractivity contribution in [1.82, 2.24) is 8.96 Å². The highest BCUT2D eigenvalue weighted by molar-refractivity contribution is 7.90. The maximum absolute atomic E-state index is 13.5. The first kappa shape index (κ1) is 18.2. The number of aromatic nitrogens is 2. The molecule has 2 aromatic heterocycles. The second-order valence-corrected chi connectivity index (χ2v) is 8.02. The van der Waals surface area contributed by atoms with E-state index in [1.807, 2.05) is 0 Å². The van der Waals surface area contributed by atoms with Gasteiger partial charge in [0, 0.05) is 17.6 Å². The van der Waals surface area contributed by atoms with Gasteiger partial charge >= 0.3 is 0 Å². The largest absolute Gasteiger partial charge is 0.497 e. The minimum absolute atomic E-state index is 0.129. The number of pyridine rings is 1. The second kappa shape index (κ2) is 7.10. The molecule has 7 heteroatoms. The van der Waals surface area contributed by atoms with Gasteiger partial charge in [-0.3, -0.25) is 4.98 Å². The first-order valence-corrected chi connectivity index (χ1v) is 10.1. The van der Waals surface area contributed by atoms with Gasteiger partial charge in [0.25, 0.3) is 10.0 Å². The highest BCUT2D eigenvalue weighted by Crippen LogP contribution is 2.33. The lowest BCUT2D eigenvalue weighted by molar-refractivity contribution is 0.210. The maximum atomic E-state index is 13.5. The number of hydrogen-bond acceptors (Lipinski definition) is 5. The fourth-order valence-corrected chi connectivity index (χ4v) is 4.71. The third-order valence-corrected chi connectivity index (χ3v) is 6.28. The van der Waals surface area contributed by atoms with Gasteiger partial charge in [0.15, 0.2) is 0 Å².